The summed E-state index contributed by atoms with van der Waals surface area (Å²) in [5.74, 6) is 5.94. The number of hydrogen-bond donors (Lipinski definition) is 1. The number of fused-ring (bicyclic) bond motifs is 5. The van der Waals surface area contributed by atoms with E-state index in [9.17, 15) is 0 Å². The third-order valence-corrected chi connectivity index (χ3v) is 5.28. The molecule has 4 rings (SSSR count). The van der Waals surface area contributed by atoms with E-state index in [0.717, 1.165) is 35.5 Å². The average Bonchev–Trinajstić information content (AvgIpc) is 2.81. The van der Waals surface area contributed by atoms with E-state index in [-0.39, 0.29) is 6.04 Å². The Kier molecular flexibility index (Phi) is 1.96. The standard InChI is InChI=1S/C13H19N3O/c1-6(14-2)12-15-16-13(17-12)11-9-7-3-4-8(5-7)10(9)11/h6-11,14H,3-5H2,1-2H3. The monoisotopic (exact) mass is 233 g/mol. The number of nitrogens with zero attached hydrogens (tertiary/aromatic N) is 2. The van der Waals surface area contributed by atoms with Gasteiger partial charge in [0.1, 0.15) is 0 Å². The SMILES string of the molecule is CNC(C)c1nnc(C2C3C4CCC(C4)C23)o1. The van der Waals surface area contributed by atoms with Crippen molar-refractivity contribution in [3.63, 3.8) is 0 Å². The second-order valence-corrected chi connectivity index (χ2v) is 6.00. The Labute approximate surface area is 101 Å². The minimum Gasteiger partial charge on any atom is -0.423 e. The second kappa shape index (κ2) is 3.31. The molecule has 0 radical (unpaired) electrons. The highest BCUT2D eigenvalue weighted by Gasteiger charge is 2.67. The van der Waals surface area contributed by atoms with Crippen LogP contribution < -0.4 is 5.32 Å². The molecule has 5 atom stereocenters. The maximum atomic E-state index is 5.84. The normalized spacial score (nSPS) is 43.8. The van der Waals surface area contributed by atoms with Crippen molar-refractivity contribution in [1.29, 1.82) is 0 Å². The van der Waals surface area contributed by atoms with Crippen molar-refractivity contribution in [2.75, 3.05) is 7.05 Å². The Hall–Kier alpha value is -0.900. The van der Waals surface area contributed by atoms with Gasteiger partial charge in [-0.05, 0) is 56.9 Å². The van der Waals surface area contributed by atoms with Crippen LogP contribution in [0.1, 0.15) is 49.9 Å². The minimum absolute atomic E-state index is 0.159. The highest BCUT2D eigenvalue weighted by atomic mass is 16.4. The molecule has 4 heteroatoms. The number of rotatable bonds is 3. The molecule has 3 saturated carbocycles. The van der Waals surface area contributed by atoms with Crippen molar-refractivity contribution in [2.24, 2.45) is 23.7 Å². The van der Waals surface area contributed by atoms with Crippen molar-refractivity contribution < 1.29 is 4.42 Å². The van der Waals surface area contributed by atoms with Crippen LogP contribution in [0.2, 0.25) is 0 Å². The van der Waals surface area contributed by atoms with E-state index in [0.29, 0.717) is 5.92 Å². The van der Waals surface area contributed by atoms with Crippen LogP contribution in [-0.4, -0.2) is 17.2 Å². The van der Waals surface area contributed by atoms with Crippen molar-refractivity contribution in [1.82, 2.24) is 15.5 Å². The largest absolute Gasteiger partial charge is 0.423 e. The Bertz CT molecular complexity index is 428. The number of aromatic nitrogens is 2. The van der Waals surface area contributed by atoms with Crippen LogP contribution >= 0.6 is 0 Å². The fraction of sp³-hybridized carbons (Fsp3) is 0.846. The first kappa shape index (κ1) is 10.1. The maximum Gasteiger partial charge on any atom is 0.233 e. The van der Waals surface area contributed by atoms with Gasteiger partial charge in [0.15, 0.2) is 0 Å². The van der Waals surface area contributed by atoms with Crippen LogP contribution in [0.25, 0.3) is 0 Å². The molecule has 4 nitrogen and oxygen atoms in total. The maximum absolute atomic E-state index is 5.84. The van der Waals surface area contributed by atoms with Crippen LogP contribution in [0.15, 0.2) is 4.42 Å². The first-order valence-electron chi connectivity index (χ1n) is 6.80. The van der Waals surface area contributed by atoms with Gasteiger partial charge in [-0.3, -0.25) is 0 Å². The summed E-state index contributed by atoms with van der Waals surface area (Å²) >= 11 is 0. The van der Waals surface area contributed by atoms with Crippen molar-refractivity contribution in [3.05, 3.63) is 11.8 Å². The smallest absolute Gasteiger partial charge is 0.233 e. The van der Waals surface area contributed by atoms with Gasteiger partial charge in [0.05, 0.1) is 6.04 Å². The summed E-state index contributed by atoms with van der Waals surface area (Å²) in [6.07, 6.45) is 4.35. The van der Waals surface area contributed by atoms with E-state index in [2.05, 4.69) is 22.4 Å². The van der Waals surface area contributed by atoms with E-state index in [1.165, 1.54) is 19.3 Å². The van der Waals surface area contributed by atoms with Gasteiger partial charge in [0.25, 0.3) is 0 Å². The summed E-state index contributed by atoms with van der Waals surface area (Å²) in [4.78, 5) is 0. The summed E-state index contributed by atoms with van der Waals surface area (Å²) in [5, 5.41) is 11.6. The summed E-state index contributed by atoms with van der Waals surface area (Å²) in [5.41, 5.74) is 0. The lowest BCUT2D eigenvalue weighted by Gasteiger charge is -2.05. The molecular weight excluding hydrogens is 214 g/mol. The van der Waals surface area contributed by atoms with Crippen LogP contribution in [0, 0.1) is 23.7 Å². The van der Waals surface area contributed by atoms with Crippen LogP contribution in [-0.2, 0) is 0 Å². The van der Waals surface area contributed by atoms with Crippen molar-refractivity contribution in [3.8, 4) is 0 Å². The molecule has 5 unspecified atom stereocenters. The Morgan fingerprint density at radius 3 is 2.59 bits per heavy atom. The van der Waals surface area contributed by atoms with Crippen LogP contribution in [0.3, 0.4) is 0 Å². The van der Waals surface area contributed by atoms with E-state index in [4.69, 9.17) is 4.42 Å². The van der Waals surface area contributed by atoms with Gasteiger partial charge in [-0.15, -0.1) is 10.2 Å². The highest BCUT2D eigenvalue weighted by molar-refractivity contribution is 5.22. The average molecular weight is 233 g/mol. The third kappa shape index (κ3) is 1.27. The Balaban J connectivity index is 1.56. The van der Waals surface area contributed by atoms with Gasteiger partial charge < -0.3 is 9.73 Å². The molecule has 17 heavy (non-hydrogen) atoms. The zero-order valence-corrected chi connectivity index (χ0v) is 10.4. The van der Waals surface area contributed by atoms with Gasteiger partial charge >= 0.3 is 0 Å². The van der Waals surface area contributed by atoms with E-state index in [1.54, 1.807) is 0 Å². The molecule has 3 fully saturated rings. The lowest BCUT2D eigenvalue weighted by molar-refractivity contribution is 0.383. The Morgan fingerprint density at radius 1 is 1.24 bits per heavy atom. The minimum atomic E-state index is 0.159. The predicted octanol–water partition coefficient (Wildman–Crippen LogP) is 2.11. The quantitative estimate of drug-likeness (QED) is 0.868. The molecule has 1 aromatic rings. The molecular formula is C13H19N3O. The molecule has 0 saturated heterocycles. The summed E-state index contributed by atoms with van der Waals surface area (Å²) in [7, 11) is 1.92. The molecule has 0 spiro atoms. The topological polar surface area (TPSA) is 51.0 Å². The van der Waals surface area contributed by atoms with Crippen molar-refractivity contribution >= 4 is 0 Å². The lowest BCUT2D eigenvalue weighted by atomic mass is 10.0. The summed E-state index contributed by atoms with van der Waals surface area (Å²) < 4.78 is 5.84. The van der Waals surface area contributed by atoms with Crippen molar-refractivity contribution in [2.45, 2.75) is 38.1 Å². The molecule has 92 valence electrons. The first-order valence-corrected chi connectivity index (χ1v) is 6.80. The fourth-order valence-corrected chi connectivity index (χ4v) is 4.33. The summed E-state index contributed by atoms with van der Waals surface area (Å²) in [6, 6.07) is 0.159. The molecule has 0 amide bonds. The van der Waals surface area contributed by atoms with Gasteiger partial charge in [0, 0.05) is 5.92 Å². The van der Waals surface area contributed by atoms with Gasteiger partial charge in [-0.1, -0.05) is 0 Å². The molecule has 1 N–H and O–H groups in total. The number of hydrogen-bond acceptors (Lipinski definition) is 4. The van der Waals surface area contributed by atoms with E-state index >= 15 is 0 Å². The van der Waals surface area contributed by atoms with Gasteiger partial charge in [-0.2, -0.15) is 0 Å². The molecule has 2 bridgehead atoms. The molecule has 1 heterocycles. The lowest BCUT2D eigenvalue weighted by Crippen LogP contribution is -2.12. The predicted molar refractivity (Wildman–Crippen MR) is 62.3 cm³/mol. The molecule has 3 aliphatic rings. The zero-order chi connectivity index (χ0) is 11.6. The first-order chi connectivity index (χ1) is 8.29. The molecule has 0 aliphatic heterocycles. The fourth-order valence-electron chi connectivity index (χ4n) is 4.33. The van der Waals surface area contributed by atoms with E-state index in [1.807, 2.05) is 7.05 Å². The Morgan fingerprint density at radius 2 is 1.94 bits per heavy atom. The number of nitrogens with one attached hydrogen (secondary N) is 1. The molecule has 0 aromatic carbocycles. The van der Waals surface area contributed by atoms with E-state index < -0.39 is 0 Å². The summed E-state index contributed by atoms with van der Waals surface area (Å²) in [6.45, 7) is 2.05. The van der Waals surface area contributed by atoms with Crippen LogP contribution in [0.4, 0.5) is 0 Å². The zero-order valence-electron chi connectivity index (χ0n) is 10.4. The van der Waals surface area contributed by atoms with Gasteiger partial charge in [-0.25, -0.2) is 0 Å². The molecule has 1 aromatic heterocycles. The molecule has 3 aliphatic carbocycles. The van der Waals surface area contributed by atoms with Crippen LogP contribution in [0.5, 0.6) is 0 Å². The highest BCUT2D eigenvalue weighted by Crippen LogP contribution is 2.72. The second-order valence-electron chi connectivity index (χ2n) is 6.00. The van der Waals surface area contributed by atoms with Gasteiger partial charge in [0.2, 0.25) is 11.8 Å². The third-order valence-electron chi connectivity index (χ3n) is 5.28.